The van der Waals surface area contributed by atoms with Crippen molar-refractivity contribution in [3.63, 3.8) is 0 Å². The SMILES string of the molecule is COC1(C2=NN=N[N]2)C=CN=N1. The van der Waals surface area contributed by atoms with E-state index in [0.717, 1.165) is 0 Å². The monoisotopic (exact) mass is 165 g/mol. The van der Waals surface area contributed by atoms with E-state index in [0.29, 0.717) is 5.84 Å². The minimum absolute atomic E-state index is 0.294. The summed E-state index contributed by atoms with van der Waals surface area (Å²) in [6.07, 6.45) is 3.14. The van der Waals surface area contributed by atoms with Gasteiger partial charge in [-0.1, -0.05) is 0 Å². The van der Waals surface area contributed by atoms with Gasteiger partial charge in [-0.15, -0.1) is 15.6 Å². The fourth-order valence-electron chi connectivity index (χ4n) is 0.894. The van der Waals surface area contributed by atoms with Crippen molar-refractivity contribution in [1.82, 2.24) is 5.43 Å². The van der Waals surface area contributed by atoms with Gasteiger partial charge in [-0.3, -0.25) is 0 Å². The van der Waals surface area contributed by atoms with E-state index in [4.69, 9.17) is 4.74 Å². The Bertz CT molecular complexity index is 291. The van der Waals surface area contributed by atoms with Crippen LogP contribution in [0.2, 0.25) is 0 Å². The van der Waals surface area contributed by atoms with Crippen LogP contribution in [0.4, 0.5) is 0 Å². The molecule has 0 amide bonds. The molecule has 2 heterocycles. The summed E-state index contributed by atoms with van der Waals surface area (Å²) in [6, 6.07) is 0. The summed E-state index contributed by atoms with van der Waals surface area (Å²) in [6.45, 7) is 0. The van der Waals surface area contributed by atoms with Gasteiger partial charge in [-0.05, 0) is 16.5 Å². The molecule has 0 fully saturated rings. The van der Waals surface area contributed by atoms with E-state index in [1.807, 2.05) is 0 Å². The van der Waals surface area contributed by atoms with Crippen LogP contribution >= 0.6 is 0 Å². The van der Waals surface area contributed by atoms with Gasteiger partial charge in [0.15, 0.2) is 0 Å². The fourth-order valence-corrected chi connectivity index (χ4v) is 0.894. The third-order valence-electron chi connectivity index (χ3n) is 1.52. The summed E-state index contributed by atoms with van der Waals surface area (Å²) >= 11 is 0. The molecule has 0 saturated carbocycles. The molecule has 2 rings (SSSR count). The molecule has 0 N–H and O–H groups in total. The number of amidine groups is 1. The van der Waals surface area contributed by atoms with Crippen molar-refractivity contribution in [2.75, 3.05) is 7.11 Å². The smallest absolute Gasteiger partial charge is 0.264 e. The first-order chi connectivity index (χ1) is 5.87. The molecule has 0 spiro atoms. The molecule has 0 saturated heterocycles. The molecule has 0 aromatic heterocycles. The van der Waals surface area contributed by atoms with Crippen LogP contribution in [0.3, 0.4) is 0 Å². The van der Waals surface area contributed by atoms with Crippen molar-refractivity contribution in [3.8, 4) is 0 Å². The molecule has 1 unspecified atom stereocenters. The normalized spacial score (nSPS) is 30.9. The van der Waals surface area contributed by atoms with Crippen LogP contribution in [0, 0.1) is 0 Å². The fraction of sp³-hybridized carbons (Fsp3) is 0.400. The lowest BCUT2D eigenvalue weighted by molar-refractivity contribution is 0.0947. The lowest BCUT2D eigenvalue weighted by Crippen LogP contribution is -2.38. The zero-order valence-corrected chi connectivity index (χ0v) is 6.25. The van der Waals surface area contributed by atoms with Crippen molar-refractivity contribution >= 4 is 5.84 Å². The quantitative estimate of drug-likeness (QED) is 0.589. The van der Waals surface area contributed by atoms with Crippen LogP contribution < -0.4 is 5.43 Å². The average Bonchev–Trinajstić information content (AvgIpc) is 2.76. The Hall–Kier alpha value is -1.63. The van der Waals surface area contributed by atoms with Gasteiger partial charge in [0.05, 0.1) is 6.20 Å². The number of rotatable bonds is 2. The molecular formula is C5H5N6O. The first-order valence-electron chi connectivity index (χ1n) is 3.21. The molecule has 61 valence electrons. The molecule has 2 aliphatic heterocycles. The van der Waals surface area contributed by atoms with E-state index < -0.39 is 5.72 Å². The molecule has 0 bridgehead atoms. The Morgan fingerprint density at radius 3 is 2.83 bits per heavy atom. The van der Waals surface area contributed by atoms with Gasteiger partial charge in [0, 0.05) is 7.11 Å². The van der Waals surface area contributed by atoms with Gasteiger partial charge in [-0.2, -0.15) is 5.11 Å². The summed E-state index contributed by atoms with van der Waals surface area (Å²) in [4.78, 5) is 0. The Morgan fingerprint density at radius 1 is 1.42 bits per heavy atom. The highest BCUT2D eigenvalue weighted by Gasteiger charge is 2.39. The summed E-state index contributed by atoms with van der Waals surface area (Å²) < 4.78 is 5.09. The van der Waals surface area contributed by atoms with Crippen LogP contribution in [0.15, 0.2) is 38.1 Å². The third kappa shape index (κ3) is 0.832. The Kier molecular flexibility index (Phi) is 1.44. The molecule has 0 aromatic rings. The number of hydrogen-bond donors (Lipinski definition) is 0. The molecule has 7 nitrogen and oxygen atoms in total. The molecule has 1 atom stereocenters. The molecule has 7 heteroatoms. The number of hydrogen-bond acceptors (Lipinski definition) is 6. The van der Waals surface area contributed by atoms with E-state index in [9.17, 15) is 0 Å². The standard InChI is InChI=1S/C5H5N6O/c1-12-5(2-3-6-9-5)4-7-10-11-8-4/h2-3H,1H3. The highest BCUT2D eigenvalue weighted by atomic mass is 16.5. The minimum atomic E-state index is -1.01. The predicted octanol–water partition coefficient (Wildman–Crippen LogP) is 0.607. The maximum Gasteiger partial charge on any atom is 0.264 e. The van der Waals surface area contributed by atoms with Crippen LogP contribution in [0.1, 0.15) is 0 Å². The maximum absolute atomic E-state index is 5.09. The minimum Gasteiger partial charge on any atom is -0.346 e. The average molecular weight is 165 g/mol. The Labute approximate surface area is 67.9 Å². The van der Waals surface area contributed by atoms with Crippen molar-refractivity contribution < 1.29 is 4.74 Å². The molecule has 2 aliphatic rings. The summed E-state index contributed by atoms with van der Waals surface area (Å²) in [5, 5.41) is 17.8. The Balaban J connectivity index is 2.29. The topological polar surface area (TPSA) is 85.1 Å². The van der Waals surface area contributed by atoms with Gasteiger partial charge in [0.1, 0.15) is 0 Å². The van der Waals surface area contributed by atoms with E-state index >= 15 is 0 Å². The van der Waals surface area contributed by atoms with Crippen molar-refractivity contribution in [2.45, 2.75) is 5.72 Å². The second kappa shape index (κ2) is 2.45. The van der Waals surface area contributed by atoms with Crippen molar-refractivity contribution in [3.05, 3.63) is 12.3 Å². The number of ether oxygens (including phenoxy) is 1. The van der Waals surface area contributed by atoms with Gasteiger partial charge in [0.25, 0.3) is 5.72 Å². The zero-order valence-electron chi connectivity index (χ0n) is 6.25. The molecule has 12 heavy (non-hydrogen) atoms. The van der Waals surface area contributed by atoms with Crippen molar-refractivity contribution in [1.29, 1.82) is 0 Å². The lowest BCUT2D eigenvalue weighted by atomic mass is 10.2. The number of methoxy groups -OCH3 is 1. The van der Waals surface area contributed by atoms with E-state index in [1.54, 1.807) is 6.08 Å². The van der Waals surface area contributed by atoms with E-state index in [2.05, 4.69) is 31.2 Å². The van der Waals surface area contributed by atoms with Crippen LogP contribution in [-0.2, 0) is 4.74 Å². The molecule has 1 radical (unpaired) electrons. The van der Waals surface area contributed by atoms with Gasteiger partial charge in [0.2, 0.25) is 5.84 Å². The maximum atomic E-state index is 5.09. The highest BCUT2D eigenvalue weighted by Crippen LogP contribution is 2.23. The zero-order chi connectivity index (χ0) is 8.44. The largest absolute Gasteiger partial charge is 0.346 e. The lowest BCUT2D eigenvalue weighted by Gasteiger charge is -2.16. The highest BCUT2D eigenvalue weighted by molar-refractivity contribution is 5.92. The van der Waals surface area contributed by atoms with Crippen molar-refractivity contribution in [2.24, 2.45) is 25.8 Å². The van der Waals surface area contributed by atoms with E-state index in [-0.39, 0.29) is 0 Å². The van der Waals surface area contributed by atoms with Crippen LogP contribution in [-0.4, -0.2) is 18.7 Å². The number of azo groups is 1. The molecule has 0 aliphatic carbocycles. The summed E-state index contributed by atoms with van der Waals surface area (Å²) in [7, 11) is 1.49. The van der Waals surface area contributed by atoms with Crippen LogP contribution in [0.25, 0.3) is 0 Å². The predicted molar refractivity (Wildman–Crippen MR) is 38.2 cm³/mol. The summed E-state index contributed by atoms with van der Waals surface area (Å²) in [5.74, 6) is 0.294. The van der Waals surface area contributed by atoms with Crippen LogP contribution in [0.5, 0.6) is 0 Å². The number of nitrogens with zero attached hydrogens (tertiary/aromatic N) is 6. The molecular weight excluding hydrogens is 160 g/mol. The van der Waals surface area contributed by atoms with Gasteiger partial charge < -0.3 is 4.74 Å². The molecule has 0 aromatic carbocycles. The van der Waals surface area contributed by atoms with E-state index in [1.165, 1.54) is 13.3 Å². The summed E-state index contributed by atoms with van der Waals surface area (Å²) in [5.41, 5.74) is 2.63. The first-order valence-corrected chi connectivity index (χ1v) is 3.21. The first kappa shape index (κ1) is 7.04. The third-order valence-corrected chi connectivity index (χ3v) is 1.52. The van der Waals surface area contributed by atoms with Gasteiger partial charge >= 0.3 is 0 Å². The van der Waals surface area contributed by atoms with Gasteiger partial charge in [-0.25, -0.2) is 0 Å². The second-order valence-electron chi connectivity index (χ2n) is 2.13. The Morgan fingerprint density at radius 2 is 2.33 bits per heavy atom. The second-order valence-corrected chi connectivity index (χ2v) is 2.13.